The van der Waals surface area contributed by atoms with Crippen LogP contribution in [0.15, 0.2) is 48.5 Å². The summed E-state index contributed by atoms with van der Waals surface area (Å²) in [4.78, 5) is 17.0. The average Bonchev–Trinajstić information content (AvgIpc) is 3.22. The summed E-state index contributed by atoms with van der Waals surface area (Å²) in [7, 11) is 0. The van der Waals surface area contributed by atoms with Crippen LogP contribution in [0.3, 0.4) is 0 Å². The number of rotatable bonds is 3. The molecule has 1 heterocycles. The normalized spacial score (nSPS) is 15.0. The van der Waals surface area contributed by atoms with E-state index in [0.717, 1.165) is 53.9 Å². The minimum atomic E-state index is 0.145. The maximum Gasteiger partial charge on any atom is 0.227 e. The monoisotopic (exact) mass is 319 g/mol. The van der Waals surface area contributed by atoms with Crippen molar-refractivity contribution >= 4 is 22.6 Å². The van der Waals surface area contributed by atoms with Crippen molar-refractivity contribution in [1.29, 1.82) is 0 Å². The van der Waals surface area contributed by atoms with Gasteiger partial charge in [0.15, 0.2) is 0 Å². The fraction of sp³-hybridized carbons (Fsp3) is 0.300. The van der Waals surface area contributed by atoms with E-state index in [2.05, 4.69) is 27.0 Å². The van der Waals surface area contributed by atoms with Crippen LogP contribution in [-0.2, 0) is 4.79 Å². The molecule has 4 heteroatoms. The zero-order chi connectivity index (χ0) is 16.5. The lowest BCUT2D eigenvalue weighted by atomic mass is 10.1. The van der Waals surface area contributed by atoms with Crippen LogP contribution in [0.5, 0.6) is 0 Å². The predicted octanol–water partition coefficient (Wildman–Crippen LogP) is 4.46. The molecule has 1 saturated carbocycles. The molecule has 122 valence electrons. The maximum atomic E-state index is 12.3. The average molecular weight is 319 g/mol. The van der Waals surface area contributed by atoms with Crippen molar-refractivity contribution in [3.05, 3.63) is 54.4 Å². The topological polar surface area (TPSA) is 46.9 Å². The largest absolute Gasteiger partial charge is 0.326 e. The Hall–Kier alpha value is -2.62. The number of nitrogens with zero attached hydrogens (tertiary/aromatic N) is 2. The number of anilines is 1. The molecule has 1 aliphatic rings. The van der Waals surface area contributed by atoms with Crippen molar-refractivity contribution in [3.8, 4) is 5.69 Å². The highest BCUT2D eigenvalue weighted by atomic mass is 16.1. The first kappa shape index (κ1) is 14.9. The number of imidazole rings is 1. The molecule has 4 rings (SSSR count). The molecule has 4 nitrogen and oxygen atoms in total. The van der Waals surface area contributed by atoms with Gasteiger partial charge < -0.3 is 5.32 Å². The first-order valence-corrected chi connectivity index (χ1v) is 8.58. The smallest absolute Gasteiger partial charge is 0.227 e. The highest BCUT2D eigenvalue weighted by Crippen LogP contribution is 2.27. The molecule has 0 spiro atoms. The molecule has 2 aromatic carbocycles. The van der Waals surface area contributed by atoms with Crippen molar-refractivity contribution in [2.24, 2.45) is 5.92 Å². The minimum absolute atomic E-state index is 0.145. The lowest BCUT2D eigenvalue weighted by Gasteiger charge is -2.10. The molecule has 0 radical (unpaired) electrons. The Labute approximate surface area is 141 Å². The van der Waals surface area contributed by atoms with Gasteiger partial charge in [0.2, 0.25) is 5.91 Å². The Morgan fingerprint density at radius 3 is 2.62 bits per heavy atom. The summed E-state index contributed by atoms with van der Waals surface area (Å²) >= 11 is 0. The summed E-state index contributed by atoms with van der Waals surface area (Å²) in [6.45, 7) is 2.00. The number of benzene rings is 2. The van der Waals surface area contributed by atoms with Crippen LogP contribution in [0, 0.1) is 12.8 Å². The summed E-state index contributed by atoms with van der Waals surface area (Å²) in [5.74, 6) is 1.26. The quantitative estimate of drug-likeness (QED) is 0.774. The van der Waals surface area contributed by atoms with Crippen molar-refractivity contribution in [2.75, 3.05) is 5.32 Å². The molecule has 0 unspecified atom stereocenters. The summed E-state index contributed by atoms with van der Waals surface area (Å²) < 4.78 is 2.14. The SMILES string of the molecule is Cc1nc2cc(NC(=O)C3CCCC3)ccc2n1-c1ccccc1. The van der Waals surface area contributed by atoms with Crippen LogP contribution in [0.25, 0.3) is 16.7 Å². The Bertz CT molecular complexity index is 877. The number of carbonyl (C=O) groups is 1. The number of hydrogen-bond donors (Lipinski definition) is 1. The van der Waals surface area contributed by atoms with E-state index in [4.69, 9.17) is 0 Å². The Morgan fingerprint density at radius 2 is 1.88 bits per heavy atom. The zero-order valence-corrected chi connectivity index (χ0v) is 13.8. The summed E-state index contributed by atoms with van der Waals surface area (Å²) in [5, 5.41) is 3.06. The first-order valence-electron chi connectivity index (χ1n) is 8.58. The molecule has 0 atom stereocenters. The van der Waals surface area contributed by atoms with Gasteiger partial charge in [0.1, 0.15) is 5.82 Å². The van der Waals surface area contributed by atoms with Gasteiger partial charge in [-0.2, -0.15) is 0 Å². The van der Waals surface area contributed by atoms with E-state index in [-0.39, 0.29) is 11.8 Å². The molecule has 1 N–H and O–H groups in total. The number of carbonyl (C=O) groups excluding carboxylic acids is 1. The lowest BCUT2D eigenvalue weighted by Crippen LogP contribution is -2.20. The van der Waals surface area contributed by atoms with Crippen molar-refractivity contribution < 1.29 is 4.79 Å². The Balaban J connectivity index is 1.66. The van der Waals surface area contributed by atoms with Crippen LogP contribution in [0.2, 0.25) is 0 Å². The van der Waals surface area contributed by atoms with E-state index >= 15 is 0 Å². The second kappa shape index (κ2) is 6.11. The molecule has 3 aromatic rings. The zero-order valence-electron chi connectivity index (χ0n) is 13.8. The fourth-order valence-corrected chi connectivity index (χ4v) is 3.61. The van der Waals surface area contributed by atoms with Crippen LogP contribution < -0.4 is 5.32 Å². The van der Waals surface area contributed by atoms with Crippen molar-refractivity contribution in [1.82, 2.24) is 9.55 Å². The summed E-state index contributed by atoms with van der Waals surface area (Å²) in [5.41, 5.74) is 3.88. The van der Waals surface area contributed by atoms with Crippen molar-refractivity contribution in [3.63, 3.8) is 0 Å². The highest BCUT2D eigenvalue weighted by Gasteiger charge is 2.22. The molecule has 1 amide bonds. The van der Waals surface area contributed by atoms with Gasteiger partial charge in [0, 0.05) is 17.3 Å². The second-order valence-corrected chi connectivity index (χ2v) is 6.50. The third-order valence-corrected chi connectivity index (χ3v) is 4.83. The van der Waals surface area contributed by atoms with Gasteiger partial charge >= 0.3 is 0 Å². The molecule has 0 bridgehead atoms. The van der Waals surface area contributed by atoms with Gasteiger partial charge in [-0.15, -0.1) is 0 Å². The Kier molecular flexibility index (Phi) is 3.81. The van der Waals surface area contributed by atoms with E-state index in [9.17, 15) is 4.79 Å². The van der Waals surface area contributed by atoms with Crippen LogP contribution in [-0.4, -0.2) is 15.5 Å². The first-order chi connectivity index (χ1) is 11.7. The fourth-order valence-electron chi connectivity index (χ4n) is 3.61. The minimum Gasteiger partial charge on any atom is -0.326 e. The molecule has 0 aliphatic heterocycles. The van der Waals surface area contributed by atoms with Gasteiger partial charge in [0.25, 0.3) is 0 Å². The van der Waals surface area contributed by atoms with Gasteiger partial charge in [-0.3, -0.25) is 9.36 Å². The summed E-state index contributed by atoms with van der Waals surface area (Å²) in [6, 6.07) is 16.2. The third kappa shape index (κ3) is 2.68. The predicted molar refractivity (Wildman–Crippen MR) is 96.4 cm³/mol. The summed E-state index contributed by atoms with van der Waals surface area (Å²) in [6.07, 6.45) is 4.35. The van der Waals surface area contributed by atoms with Crippen molar-refractivity contribution in [2.45, 2.75) is 32.6 Å². The number of amides is 1. The van der Waals surface area contributed by atoms with Gasteiger partial charge in [-0.05, 0) is 50.1 Å². The molecule has 1 aromatic heterocycles. The second-order valence-electron chi connectivity index (χ2n) is 6.50. The van der Waals surface area contributed by atoms with Crippen LogP contribution >= 0.6 is 0 Å². The number of aryl methyl sites for hydroxylation is 1. The van der Waals surface area contributed by atoms with E-state index in [1.807, 2.05) is 43.3 Å². The van der Waals surface area contributed by atoms with E-state index in [0.29, 0.717) is 0 Å². The molecular formula is C20H21N3O. The maximum absolute atomic E-state index is 12.3. The number of aromatic nitrogens is 2. The lowest BCUT2D eigenvalue weighted by molar-refractivity contribution is -0.119. The highest BCUT2D eigenvalue weighted by molar-refractivity contribution is 5.94. The van der Waals surface area contributed by atoms with Gasteiger partial charge in [-0.25, -0.2) is 4.98 Å². The standard InChI is InChI=1S/C20H21N3O/c1-14-21-18-13-16(22-20(24)15-7-5-6-8-15)11-12-19(18)23(14)17-9-3-2-4-10-17/h2-4,9-13,15H,5-8H2,1H3,(H,22,24). The van der Waals surface area contributed by atoms with E-state index in [1.54, 1.807) is 0 Å². The molecule has 0 saturated heterocycles. The molecule has 24 heavy (non-hydrogen) atoms. The van der Waals surface area contributed by atoms with E-state index < -0.39 is 0 Å². The van der Waals surface area contributed by atoms with Crippen LogP contribution in [0.1, 0.15) is 31.5 Å². The molecule has 1 fully saturated rings. The number of hydrogen-bond acceptors (Lipinski definition) is 2. The molecular weight excluding hydrogens is 298 g/mol. The number of nitrogens with one attached hydrogen (secondary N) is 1. The number of para-hydroxylation sites is 1. The van der Waals surface area contributed by atoms with Gasteiger partial charge in [0.05, 0.1) is 11.0 Å². The van der Waals surface area contributed by atoms with E-state index in [1.165, 1.54) is 0 Å². The Morgan fingerprint density at radius 1 is 1.12 bits per heavy atom. The number of fused-ring (bicyclic) bond motifs is 1. The van der Waals surface area contributed by atoms with Gasteiger partial charge in [-0.1, -0.05) is 31.0 Å². The van der Waals surface area contributed by atoms with Crippen LogP contribution in [0.4, 0.5) is 5.69 Å². The molecule has 1 aliphatic carbocycles. The third-order valence-electron chi connectivity index (χ3n) is 4.83.